The summed E-state index contributed by atoms with van der Waals surface area (Å²) in [6.45, 7) is 2.14. The van der Waals surface area contributed by atoms with Gasteiger partial charge in [-0.15, -0.1) is 0 Å². The third kappa shape index (κ3) is 3.12. The molecule has 0 amide bonds. The smallest absolute Gasteiger partial charge is 0.268 e. The molecule has 0 fully saturated rings. The van der Waals surface area contributed by atoms with Crippen LogP contribution in [0.5, 0.6) is 0 Å². The van der Waals surface area contributed by atoms with Gasteiger partial charge in [-0.2, -0.15) is 17.8 Å². The highest BCUT2D eigenvalue weighted by atomic mass is 35.5. The van der Waals surface area contributed by atoms with Crippen molar-refractivity contribution in [2.24, 2.45) is 0 Å². The summed E-state index contributed by atoms with van der Waals surface area (Å²) < 4.78 is 29.0. The number of hydrogen-bond acceptors (Lipinski definition) is 3. The number of benzene rings is 1. The van der Waals surface area contributed by atoms with E-state index in [1.807, 2.05) is 12.1 Å². The van der Waals surface area contributed by atoms with E-state index >= 15 is 0 Å². The molecule has 1 aromatic carbocycles. The molecule has 0 aliphatic heterocycles. The molecule has 108 valence electrons. The molecule has 1 aromatic heterocycles. The van der Waals surface area contributed by atoms with Crippen molar-refractivity contribution < 1.29 is 8.42 Å². The lowest BCUT2D eigenvalue weighted by Gasteiger charge is -2.14. The number of nitrogens with zero attached hydrogens (tertiary/aromatic N) is 3. The van der Waals surface area contributed by atoms with Crippen LogP contribution in [0.25, 0.3) is 5.69 Å². The number of rotatable bonds is 5. The van der Waals surface area contributed by atoms with Gasteiger partial charge in [-0.1, -0.05) is 30.7 Å². The van der Waals surface area contributed by atoms with Gasteiger partial charge in [0.05, 0.1) is 28.8 Å². The van der Waals surface area contributed by atoms with E-state index in [1.54, 1.807) is 25.3 Å². The van der Waals surface area contributed by atoms with E-state index in [9.17, 15) is 8.42 Å². The van der Waals surface area contributed by atoms with E-state index in [-0.39, 0.29) is 0 Å². The van der Waals surface area contributed by atoms with Gasteiger partial charge in [0.25, 0.3) is 0 Å². The highest BCUT2D eigenvalue weighted by molar-refractivity contribution is 7.90. The number of aromatic nitrogens is 2. The number of anilines is 1. The maximum absolute atomic E-state index is 11.9. The quantitative estimate of drug-likeness (QED) is 0.919. The second-order valence-electron chi connectivity index (χ2n) is 4.15. The molecular weight excluding hydrogens is 300 g/mol. The summed E-state index contributed by atoms with van der Waals surface area (Å²) in [4.78, 5) is 0. The molecule has 0 saturated carbocycles. The summed E-state index contributed by atoms with van der Waals surface area (Å²) in [6, 6.07) is 7.19. The first kappa shape index (κ1) is 14.8. The van der Waals surface area contributed by atoms with Crippen molar-refractivity contribution in [1.82, 2.24) is 14.1 Å². The predicted molar refractivity (Wildman–Crippen MR) is 79.4 cm³/mol. The molecule has 0 spiro atoms. The second kappa shape index (κ2) is 5.82. The van der Waals surface area contributed by atoms with Crippen LogP contribution in [0.2, 0.25) is 5.02 Å². The summed E-state index contributed by atoms with van der Waals surface area (Å²) in [5.74, 6) is 0. The molecule has 2 aromatic rings. The fourth-order valence-corrected chi connectivity index (χ4v) is 2.66. The van der Waals surface area contributed by atoms with Crippen LogP contribution >= 0.6 is 11.6 Å². The van der Waals surface area contributed by atoms with Crippen molar-refractivity contribution in [2.45, 2.75) is 6.92 Å². The van der Waals surface area contributed by atoms with E-state index in [4.69, 9.17) is 11.6 Å². The normalized spacial score (nSPS) is 11.8. The van der Waals surface area contributed by atoms with Crippen molar-refractivity contribution >= 4 is 27.5 Å². The van der Waals surface area contributed by atoms with Crippen molar-refractivity contribution in [3.8, 4) is 5.69 Å². The SMILES string of the molecule is CCN(C)S(=O)(=O)Nc1cnn(-c2ccccc2Cl)c1. The monoisotopic (exact) mass is 314 g/mol. The first-order valence-corrected chi connectivity index (χ1v) is 7.79. The van der Waals surface area contributed by atoms with E-state index in [2.05, 4.69) is 9.82 Å². The Morgan fingerprint density at radius 3 is 2.75 bits per heavy atom. The molecule has 0 unspecified atom stereocenters. The zero-order valence-electron chi connectivity index (χ0n) is 11.1. The van der Waals surface area contributed by atoms with Crippen LogP contribution in [0.3, 0.4) is 0 Å². The third-order valence-electron chi connectivity index (χ3n) is 2.78. The summed E-state index contributed by atoms with van der Waals surface area (Å²) in [6.07, 6.45) is 3.01. The Kier molecular flexibility index (Phi) is 4.32. The van der Waals surface area contributed by atoms with E-state index in [0.717, 1.165) is 0 Å². The van der Waals surface area contributed by atoms with Gasteiger partial charge in [-0.3, -0.25) is 4.72 Å². The predicted octanol–water partition coefficient (Wildman–Crippen LogP) is 2.13. The maximum atomic E-state index is 11.9. The lowest BCUT2D eigenvalue weighted by molar-refractivity contribution is 0.491. The van der Waals surface area contributed by atoms with Crippen molar-refractivity contribution in [1.29, 1.82) is 0 Å². The van der Waals surface area contributed by atoms with Gasteiger partial charge in [-0.25, -0.2) is 4.68 Å². The van der Waals surface area contributed by atoms with Crippen molar-refractivity contribution in [3.63, 3.8) is 0 Å². The minimum absolute atomic E-state index is 0.380. The Morgan fingerprint density at radius 2 is 2.10 bits per heavy atom. The van der Waals surface area contributed by atoms with Gasteiger partial charge in [0.15, 0.2) is 0 Å². The van der Waals surface area contributed by atoms with Gasteiger partial charge in [0, 0.05) is 13.6 Å². The average Bonchev–Trinajstić information content (AvgIpc) is 2.85. The standard InChI is InChI=1S/C12H15ClN4O2S/c1-3-16(2)20(18,19)15-10-8-14-17(9-10)12-7-5-4-6-11(12)13/h4-9,15H,3H2,1-2H3. The van der Waals surface area contributed by atoms with Crippen LogP contribution in [0.1, 0.15) is 6.92 Å². The Bertz CT molecular complexity index is 699. The molecule has 8 heteroatoms. The largest absolute Gasteiger partial charge is 0.301 e. The van der Waals surface area contributed by atoms with Gasteiger partial charge in [0.1, 0.15) is 0 Å². The number of para-hydroxylation sites is 1. The zero-order chi connectivity index (χ0) is 14.8. The molecule has 1 N–H and O–H groups in total. The van der Waals surface area contributed by atoms with Gasteiger partial charge >= 0.3 is 10.2 Å². The average molecular weight is 315 g/mol. The van der Waals surface area contributed by atoms with E-state index < -0.39 is 10.2 Å². The van der Waals surface area contributed by atoms with Crippen LogP contribution in [-0.4, -0.2) is 36.1 Å². The highest BCUT2D eigenvalue weighted by Crippen LogP contribution is 2.20. The number of hydrogen-bond donors (Lipinski definition) is 1. The molecular formula is C12H15ClN4O2S. The molecule has 20 heavy (non-hydrogen) atoms. The van der Waals surface area contributed by atoms with E-state index in [0.29, 0.717) is 22.9 Å². The Labute approximate surface area is 123 Å². The Morgan fingerprint density at radius 1 is 1.40 bits per heavy atom. The van der Waals surface area contributed by atoms with Crippen molar-refractivity contribution in [2.75, 3.05) is 18.3 Å². The van der Waals surface area contributed by atoms with Crippen LogP contribution in [0.15, 0.2) is 36.7 Å². The second-order valence-corrected chi connectivity index (χ2v) is 6.33. The third-order valence-corrected chi connectivity index (χ3v) is 4.68. The fraction of sp³-hybridized carbons (Fsp3) is 0.250. The van der Waals surface area contributed by atoms with Gasteiger partial charge < -0.3 is 0 Å². The lowest BCUT2D eigenvalue weighted by atomic mass is 10.3. The molecule has 0 aliphatic rings. The first-order valence-electron chi connectivity index (χ1n) is 5.97. The lowest BCUT2D eigenvalue weighted by Crippen LogP contribution is -2.32. The first-order chi connectivity index (χ1) is 9.44. The highest BCUT2D eigenvalue weighted by Gasteiger charge is 2.16. The number of nitrogens with one attached hydrogen (secondary N) is 1. The number of halogens is 1. The summed E-state index contributed by atoms with van der Waals surface area (Å²) >= 11 is 6.07. The Hall–Kier alpha value is -1.57. The topological polar surface area (TPSA) is 67.2 Å². The van der Waals surface area contributed by atoms with Crippen LogP contribution < -0.4 is 4.72 Å². The van der Waals surface area contributed by atoms with Crippen LogP contribution in [0, 0.1) is 0 Å². The van der Waals surface area contributed by atoms with Gasteiger partial charge in [0.2, 0.25) is 0 Å². The summed E-state index contributed by atoms with van der Waals surface area (Å²) in [7, 11) is -2.04. The van der Waals surface area contributed by atoms with Crippen LogP contribution in [0.4, 0.5) is 5.69 Å². The summed E-state index contributed by atoms with van der Waals surface area (Å²) in [5, 5.41) is 4.64. The zero-order valence-corrected chi connectivity index (χ0v) is 12.7. The van der Waals surface area contributed by atoms with Crippen LogP contribution in [-0.2, 0) is 10.2 Å². The van der Waals surface area contributed by atoms with Gasteiger partial charge in [-0.05, 0) is 12.1 Å². The minimum atomic E-state index is -3.55. The summed E-state index contributed by atoms with van der Waals surface area (Å²) in [5.41, 5.74) is 1.06. The molecule has 0 saturated heterocycles. The van der Waals surface area contributed by atoms with Crippen molar-refractivity contribution in [3.05, 3.63) is 41.7 Å². The molecule has 0 radical (unpaired) electrons. The van der Waals surface area contributed by atoms with E-state index in [1.165, 1.54) is 22.2 Å². The molecule has 0 bridgehead atoms. The minimum Gasteiger partial charge on any atom is -0.268 e. The Balaban J connectivity index is 2.25. The molecule has 1 heterocycles. The fourth-order valence-electron chi connectivity index (χ4n) is 1.54. The maximum Gasteiger partial charge on any atom is 0.301 e. The molecule has 0 aliphatic carbocycles. The molecule has 6 nitrogen and oxygen atoms in total. The molecule has 2 rings (SSSR count). The molecule has 0 atom stereocenters.